The number of hydrogen-bond acceptors (Lipinski definition) is 12. The van der Waals surface area contributed by atoms with E-state index in [2.05, 4.69) is 20.8 Å². The SMILES string of the molecule is CCOC(=O)C(O)(C(=O)Cc1c(C)n(C(=O)c2ccc(Cl)cc2)c2ccc(OC)cc12)C(O)(C(=O)OCC)C(=O)c1cc(Br)c(N)c(CN(CC)C2CCCCC2)c1. The predicted molar refractivity (Wildman–Crippen MR) is 222 cm³/mol. The lowest BCUT2D eigenvalue weighted by molar-refractivity contribution is -0.203. The fraction of sp³-hybridized carbons (Fsp3) is 0.419. The van der Waals surface area contributed by atoms with Crippen molar-refractivity contribution in [2.45, 2.75) is 90.0 Å². The third-order valence-corrected chi connectivity index (χ3v) is 11.8. The number of hydrogen-bond donors (Lipinski definition) is 3. The maximum absolute atomic E-state index is 14.8. The number of carbonyl (C=O) groups excluding carboxylic acids is 5. The molecule has 310 valence electrons. The van der Waals surface area contributed by atoms with E-state index in [0.717, 1.165) is 32.1 Å². The second kappa shape index (κ2) is 18.5. The van der Waals surface area contributed by atoms with Crippen LogP contribution in [0.1, 0.15) is 90.4 Å². The highest BCUT2D eigenvalue weighted by Crippen LogP contribution is 2.38. The molecule has 1 saturated carbocycles. The first-order valence-electron chi connectivity index (χ1n) is 19.3. The van der Waals surface area contributed by atoms with Crippen molar-refractivity contribution in [3.63, 3.8) is 0 Å². The highest BCUT2D eigenvalue weighted by Gasteiger charge is 2.70. The third kappa shape index (κ3) is 8.30. The summed E-state index contributed by atoms with van der Waals surface area (Å²) < 4.78 is 17.3. The van der Waals surface area contributed by atoms with Crippen molar-refractivity contribution in [3.8, 4) is 5.75 Å². The van der Waals surface area contributed by atoms with Gasteiger partial charge in [0.25, 0.3) is 17.1 Å². The summed E-state index contributed by atoms with van der Waals surface area (Å²) in [6.45, 7) is 6.53. The van der Waals surface area contributed by atoms with Gasteiger partial charge in [-0.1, -0.05) is 37.8 Å². The molecule has 5 rings (SSSR count). The normalized spacial score (nSPS) is 15.4. The molecule has 0 saturated heterocycles. The van der Waals surface area contributed by atoms with Gasteiger partial charge >= 0.3 is 11.9 Å². The fourth-order valence-electron chi connectivity index (χ4n) is 7.73. The number of nitrogens with zero attached hydrogens (tertiary/aromatic N) is 2. The standard InChI is InChI=1S/C43H49BrClN3O10/c1-6-47(30-12-10-9-11-13-30)24-28-20-27(21-34(44)37(28)46)38(50)43(55,41(53)58-8-3)42(54,40(52)57-7-2)36(49)23-32-25(4)48(35-19-18-31(56-5)22-33(32)35)39(51)26-14-16-29(45)17-15-26/h14-22,30,54-55H,6-13,23-24,46H2,1-5H3. The molecular weight excluding hydrogens is 834 g/mol. The zero-order chi connectivity index (χ0) is 42.5. The number of nitrogen functional groups attached to an aromatic ring is 1. The molecule has 0 aliphatic heterocycles. The monoisotopic (exact) mass is 881 g/mol. The summed E-state index contributed by atoms with van der Waals surface area (Å²) >= 11 is 9.47. The second-order valence-corrected chi connectivity index (χ2v) is 15.6. The number of nitrogens with two attached hydrogens (primary N) is 1. The largest absolute Gasteiger partial charge is 0.497 e. The van der Waals surface area contributed by atoms with Gasteiger partial charge in [-0.3, -0.25) is 23.9 Å². The molecule has 2 atom stereocenters. The van der Waals surface area contributed by atoms with Gasteiger partial charge in [0.05, 0.1) is 31.5 Å². The van der Waals surface area contributed by atoms with Gasteiger partial charge in [0.2, 0.25) is 5.78 Å². The van der Waals surface area contributed by atoms with Gasteiger partial charge < -0.3 is 30.2 Å². The summed E-state index contributed by atoms with van der Waals surface area (Å²) in [5, 5.41) is 25.7. The van der Waals surface area contributed by atoms with E-state index in [1.807, 2.05) is 6.92 Å². The van der Waals surface area contributed by atoms with Gasteiger partial charge in [-0.05, 0) is 122 Å². The molecule has 13 nitrogen and oxygen atoms in total. The zero-order valence-corrected chi connectivity index (χ0v) is 35.6. The van der Waals surface area contributed by atoms with Gasteiger partial charge in [0, 0.05) is 50.7 Å². The molecule has 1 fully saturated rings. The molecule has 58 heavy (non-hydrogen) atoms. The minimum absolute atomic E-state index is 0.127. The van der Waals surface area contributed by atoms with Crippen molar-refractivity contribution >= 4 is 73.5 Å². The Balaban J connectivity index is 1.66. The van der Waals surface area contributed by atoms with Crippen LogP contribution in [0.25, 0.3) is 10.9 Å². The lowest BCUT2D eigenvalue weighted by Crippen LogP contribution is -2.72. The number of ether oxygens (including phenoxy) is 3. The molecule has 1 heterocycles. The first-order valence-corrected chi connectivity index (χ1v) is 20.4. The minimum Gasteiger partial charge on any atom is -0.497 e. The minimum atomic E-state index is -3.87. The Labute approximate surface area is 350 Å². The molecule has 4 N–H and O–H groups in total. The Hall–Kier alpha value is -4.60. The number of halogens is 2. The van der Waals surface area contributed by atoms with Crippen LogP contribution in [0.2, 0.25) is 5.02 Å². The summed E-state index contributed by atoms with van der Waals surface area (Å²) in [5.41, 5.74) is 0.161. The van der Waals surface area contributed by atoms with E-state index in [0.29, 0.717) is 46.0 Å². The molecule has 1 aliphatic rings. The molecule has 2 unspecified atom stereocenters. The van der Waals surface area contributed by atoms with Crippen LogP contribution >= 0.6 is 27.5 Å². The van der Waals surface area contributed by atoms with E-state index in [4.69, 9.17) is 31.5 Å². The number of aliphatic hydroxyl groups is 2. The number of anilines is 1. The van der Waals surface area contributed by atoms with Gasteiger partial charge in [0.1, 0.15) is 5.75 Å². The highest BCUT2D eigenvalue weighted by molar-refractivity contribution is 9.10. The van der Waals surface area contributed by atoms with E-state index in [1.165, 1.54) is 49.8 Å². The summed E-state index contributed by atoms with van der Waals surface area (Å²) in [4.78, 5) is 73.7. The molecule has 1 aromatic heterocycles. The van der Waals surface area contributed by atoms with Crippen molar-refractivity contribution in [2.75, 3.05) is 32.6 Å². The molecule has 4 aromatic rings. The van der Waals surface area contributed by atoms with Crippen molar-refractivity contribution in [2.24, 2.45) is 0 Å². The average molecular weight is 883 g/mol. The van der Waals surface area contributed by atoms with Crippen LogP contribution in [-0.2, 0) is 36.8 Å². The molecule has 0 bridgehead atoms. The number of esters is 2. The summed E-state index contributed by atoms with van der Waals surface area (Å²) in [7, 11) is 1.43. The molecule has 15 heteroatoms. The van der Waals surface area contributed by atoms with Crippen molar-refractivity contribution in [1.29, 1.82) is 0 Å². The Morgan fingerprint density at radius 1 is 0.897 bits per heavy atom. The van der Waals surface area contributed by atoms with Gasteiger partial charge in [-0.25, -0.2) is 9.59 Å². The number of carbonyl (C=O) groups is 5. The first kappa shape index (κ1) is 44.5. The Morgan fingerprint density at radius 3 is 2.10 bits per heavy atom. The Kier molecular flexibility index (Phi) is 14.2. The van der Waals surface area contributed by atoms with Crippen LogP contribution in [-0.4, -0.2) is 93.2 Å². The molecular formula is C43H49BrClN3O10. The van der Waals surface area contributed by atoms with Crippen molar-refractivity contribution < 1.29 is 48.4 Å². The van der Waals surface area contributed by atoms with Crippen LogP contribution in [0.15, 0.2) is 59.1 Å². The third-order valence-electron chi connectivity index (χ3n) is 10.9. The van der Waals surface area contributed by atoms with E-state index in [1.54, 1.807) is 37.3 Å². The number of fused-ring (bicyclic) bond motifs is 1. The quantitative estimate of drug-likeness (QED) is 0.0489. The topological polar surface area (TPSA) is 188 Å². The van der Waals surface area contributed by atoms with Crippen molar-refractivity contribution in [3.05, 3.63) is 92.0 Å². The molecule has 0 amide bonds. The Bertz CT molecular complexity index is 2220. The van der Waals surface area contributed by atoms with Crippen LogP contribution in [0, 0.1) is 6.92 Å². The molecule has 0 radical (unpaired) electrons. The van der Waals surface area contributed by atoms with Gasteiger partial charge in [-0.15, -0.1) is 0 Å². The number of methoxy groups -OCH3 is 1. The number of benzene rings is 3. The van der Waals surface area contributed by atoms with Crippen LogP contribution in [0.5, 0.6) is 5.75 Å². The Morgan fingerprint density at radius 2 is 1.52 bits per heavy atom. The summed E-state index contributed by atoms with van der Waals surface area (Å²) in [5.74, 6) is -6.64. The smallest absolute Gasteiger partial charge is 0.350 e. The number of rotatable bonds is 16. The van der Waals surface area contributed by atoms with E-state index >= 15 is 0 Å². The van der Waals surface area contributed by atoms with Crippen LogP contribution < -0.4 is 10.5 Å². The van der Waals surface area contributed by atoms with Crippen LogP contribution in [0.4, 0.5) is 5.69 Å². The van der Waals surface area contributed by atoms with E-state index < -0.39 is 60.2 Å². The number of Topliss-reactive ketones (excluding diaryl/α,β-unsaturated/α-hetero) is 2. The average Bonchev–Trinajstić information content (AvgIpc) is 3.49. The number of aromatic nitrogens is 1. The maximum atomic E-state index is 14.8. The molecule has 1 aliphatic carbocycles. The summed E-state index contributed by atoms with van der Waals surface area (Å²) in [6, 6.07) is 13.8. The first-order chi connectivity index (χ1) is 27.6. The predicted octanol–water partition coefficient (Wildman–Crippen LogP) is 6.38. The highest BCUT2D eigenvalue weighted by atomic mass is 79.9. The van der Waals surface area contributed by atoms with Gasteiger partial charge in [0.15, 0.2) is 5.78 Å². The van der Waals surface area contributed by atoms with Gasteiger partial charge in [-0.2, -0.15) is 0 Å². The molecule has 3 aromatic carbocycles. The molecule has 0 spiro atoms. The van der Waals surface area contributed by atoms with E-state index in [9.17, 15) is 34.2 Å². The van der Waals surface area contributed by atoms with E-state index in [-0.39, 0.29) is 32.9 Å². The second-order valence-electron chi connectivity index (χ2n) is 14.3. The summed E-state index contributed by atoms with van der Waals surface area (Å²) in [6.07, 6.45) is 4.42. The lowest BCUT2D eigenvalue weighted by Gasteiger charge is -2.37. The maximum Gasteiger partial charge on any atom is 0.350 e. The van der Waals surface area contributed by atoms with Crippen molar-refractivity contribution in [1.82, 2.24) is 9.47 Å². The lowest BCUT2D eigenvalue weighted by atomic mass is 9.73. The zero-order valence-electron chi connectivity index (χ0n) is 33.2. The number of ketones is 2. The van der Waals surface area contributed by atoms with Crippen LogP contribution in [0.3, 0.4) is 0 Å². The fourth-order valence-corrected chi connectivity index (χ4v) is 8.36.